The monoisotopic (exact) mass is 285 g/mol. The highest BCUT2D eigenvalue weighted by Gasteiger charge is 2.32. The van der Waals surface area contributed by atoms with Gasteiger partial charge in [-0.05, 0) is 42.7 Å². The smallest absolute Gasteiger partial charge is 0.123 e. The lowest BCUT2D eigenvalue weighted by Gasteiger charge is -2.33. The Bertz CT molecular complexity index is 489. The summed E-state index contributed by atoms with van der Waals surface area (Å²) in [4.78, 5) is 0. The van der Waals surface area contributed by atoms with Crippen molar-refractivity contribution in [3.63, 3.8) is 0 Å². The lowest BCUT2D eigenvalue weighted by atomic mass is 9.78. The van der Waals surface area contributed by atoms with Crippen molar-refractivity contribution in [1.29, 1.82) is 5.26 Å². The van der Waals surface area contributed by atoms with Crippen LogP contribution >= 0.6 is 0 Å². The van der Waals surface area contributed by atoms with E-state index in [0.29, 0.717) is 5.92 Å². The van der Waals surface area contributed by atoms with Crippen molar-refractivity contribution in [3.05, 3.63) is 29.8 Å². The zero-order valence-electron chi connectivity index (χ0n) is 13.5. The molecule has 0 amide bonds. The Balaban J connectivity index is 2.13. The molecule has 0 saturated heterocycles. The van der Waals surface area contributed by atoms with Crippen molar-refractivity contribution in [3.8, 4) is 11.8 Å². The summed E-state index contributed by atoms with van der Waals surface area (Å²) in [6.07, 6.45) is 5.72. The molecule has 2 nitrogen and oxygen atoms in total. The van der Waals surface area contributed by atoms with E-state index in [1.807, 2.05) is 12.1 Å². The summed E-state index contributed by atoms with van der Waals surface area (Å²) in [7, 11) is 0. The first-order chi connectivity index (χ1) is 10.2. The molecule has 0 aliphatic heterocycles. The Hall–Kier alpha value is -1.49. The molecule has 114 valence electrons. The van der Waals surface area contributed by atoms with Gasteiger partial charge in [-0.1, -0.05) is 51.8 Å². The van der Waals surface area contributed by atoms with E-state index in [4.69, 9.17) is 4.74 Å². The Labute approximate surface area is 129 Å². The molecule has 1 aliphatic rings. The number of para-hydroxylation sites is 1. The maximum atomic E-state index is 9.40. The van der Waals surface area contributed by atoms with Crippen LogP contribution in [-0.2, 0) is 0 Å². The number of benzene rings is 1. The number of nitrogens with zero attached hydrogens (tertiary/aromatic N) is 1. The van der Waals surface area contributed by atoms with Crippen LogP contribution in [0.1, 0.15) is 64.4 Å². The molecule has 0 N–H and O–H groups in total. The minimum Gasteiger partial charge on any atom is -0.489 e. The van der Waals surface area contributed by atoms with E-state index in [1.165, 1.54) is 24.8 Å². The lowest BCUT2D eigenvalue weighted by Crippen LogP contribution is -2.33. The van der Waals surface area contributed by atoms with Gasteiger partial charge in [-0.2, -0.15) is 5.26 Å². The number of rotatable bonds is 5. The molecule has 1 aromatic rings. The summed E-state index contributed by atoms with van der Waals surface area (Å²) < 4.78 is 6.31. The van der Waals surface area contributed by atoms with Gasteiger partial charge in [0.2, 0.25) is 0 Å². The van der Waals surface area contributed by atoms with Crippen molar-refractivity contribution in [2.45, 2.75) is 64.9 Å². The molecule has 0 aromatic heterocycles. The fraction of sp³-hybridized carbons (Fsp3) is 0.632. The maximum Gasteiger partial charge on any atom is 0.123 e. The summed E-state index contributed by atoms with van der Waals surface area (Å²) in [5.41, 5.74) is 1.24. The molecule has 21 heavy (non-hydrogen) atoms. The first-order valence-electron chi connectivity index (χ1n) is 8.30. The Kier molecular flexibility index (Phi) is 5.67. The van der Waals surface area contributed by atoms with Gasteiger partial charge in [-0.3, -0.25) is 0 Å². The number of hydrogen-bond donors (Lipinski definition) is 0. The summed E-state index contributed by atoms with van der Waals surface area (Å²) >= 11 is 0. The molecule has 2 rings (SSSR count). The van der Waals surface area contributed by atoms with Crippen molar-refractivity contribution < 1.29 is 4.74 Å². The first-order valence-corrected chi connectivity index (χ1v) is 8.30. The van der Waals surface area contributed by atoms with Gasteiger partial charge in [-0.25, -0.2) is 0 Å². The van der Waals surface area contributed by atoms with Gasteiger partial charge in [0, 0.05) is 0 Å². The molecule has 0 spiro atoms. The molecular formula is C19H27NO. The summed E-state index contributed by atoms with van der Waals surface area (Å²) in [5.74, 6) is 2.17. The number of hydrogen-bond acceptors (Lipinski definition) is 2. The van der Waals surface area contributed by atoms with Gasteiger partial charge in [0.05, 0.1) is 12.0 Å². The van der Waals surface area contributed by atoms with Crippen molar-refractivity contribution in [1.82, 2.24) is 0 Å². The van der Waals surface area contributed by atoms with Gasteiger partial charge in [-0.15, -0.1) is 0 Å². The fourth-order valence-corrected chi connectivity index (χ4v) is 3.39. The summed E-state index contributed by atoms with van der Waals surface area (Å²) in [6, 6.07) is 10.7. The second-order valence-electron chi connectivity index (χ2n) is 6.55. The average molecular weight is 285 g/mol. The Morgan fingerprint density at radius 2 is 2.05 bits per heavy atom. The van der Waals surface area contributed by atoms with E-state index in [9.17, 15) is 5.26 Å². The zero-order valence-corrected chi connectivity index (χ0v) is 13.5. The highest BCUT2D eigenvalue weighted by molar-refractivity contribution is 5.35. The van der Waals surface area contributed by atoms with Gasteiger partial charge < -0.3 is 4.74 Å². The fourth-order valence-electron chi connectivity index (χ4n) is 3.39. The molecule has 2 heteroatoms. The molecule has 3 atom stereocenters. The van der Waals surface area contributed by atoms with Crippen LogP contribution in [0.2, 0.25) is 0 Å². The van der Waals surface area contributed by atoms with Crippen LogP contribution in [0.3, 0.4) is 0 Å². The molecule has 1 saturated carbocycles. The predicted molar refractivity (Wildman–Crippen MR) is 86.3 cm³/mol. The number of ether oxygens (including phenoxy) is 1. The predicted octanol–water partition coefficient (Wildman–Crippen LogP) is 5.30. The van der Waals surface area contributed by atoms with Crippen LogP contribution in [-0.4, -0.2) is 6.10 Å². The standard InChI is InChI=1S/C19H27NO/c1-4-7-15-10-11-16(13-20)19(12-15)21-18-9-6-5-8-17(18)14(2)3/h5-6,8-9,14-16,19H,4,7,10-12H2,1-3H3. The second-order valence-corrected chi connectivity index (χ2v) is 6.55. The van der Waals surface area contributed by atoms with Crippen LogP contribution in [0.15, 0.2) is 24.3 Å². The highest BCUT2D eigenvalue weighted by atomic mass is 16.5. The second kappa shape index (κ2) is 7.50. The summed E-state index contributed by atoms with van der Waals surface area (Å²) in [5, 5.41) is 9.40. The molecule has 0 heterocycles. The molecule has 3 unspecified atom stereocenters. The topological polar surface area (TPSA) is 33.0 Å². The molecule has 0 radical (unpaired) electrons. The van der Waals surface area contributed by atoms with Gasteiger partial charge >= 0.3 is 0 Å². The largest absolute Gasteiger partial charge is 0.489 e. The minimum atomic E-state index is 0.0401. The van der Waals surface area contributed by atoms with E-state index < -0.39 is 0 Å². The normalized spacial score (nSPS) is 25.6. The van der Waals surface area contributed by atoms with Crippen molar-refractivity contribution >= 4 is 0 Å². The highest BCUT2D eigenvalue weighted by Crippen LogP contribution is 2.36. The van der Waals surface area contributed by atoms with Crippen molar-refractivity contribution in [2.24, 2.45) is 11.8 Å². The van der Waals surface area contributed by atoms with E-state index in [-0.39, 0.29) is 12.0 Å². The van der Waals surface area contributed by atoms with Crippen LogP contribution in [0.4, 0.5) is 0 Å². The van der Waals surface area contributed by atoms with E-state index in [1.54, 1.807) is 0 Å². The van der Waals surface area contributed by atoms with Crippen LogP contribution in [0.25, 0.3) is 0 Å². The molecule has 1 aliphatic carbocycles. The quantitative estimate of drug-likeness (QED) is 0.735. The molecule has 1 fully saturated rings. The Morgan fingerprint density at radius 1 is 1.29 bits per heavy atom. The van der Waals surface area contributed by atoms with Crippen LogP contribution in [0, 0.1) is 23.2 Å². The maximum absolute atomic E-state index is 9.40. The lowest BCUT2D eigenvalue weighted by molar-refractivity contribution is 0.0864. The third-order valence-electron chi connectivity index (χ3n) is 4.58. The van der Waals surface area contributed by atoms with E-state index in [0.717, 1.165) is 24.5 Å². The Morgan fingerprint density at radius 3 is 2.71 bits per heavy atom. The van der Waals surface area contributed by atoms with E-state index in [2.05, 4.69) is 39.0 Å². The van der Waals surface area contributed by atoms with Crippen molar-refractivity contribution in [2.75, 3.05) is 0 Å². The molecule has 0 bridgehead atoms. The average Bonchev–Trinajstić information content (AvgIpc) is 2.48. The van der Waals surface area contributed by atoms with Gasteiger partial charge in [0.25, 0.3) is 0 Å². The van der Waals surface area contributed by atoms with Gasteiger partial charge in [0.1, 0.15) is 11.9 Å². The van der Waals surface area contributed by atoms with Crippen LogP contribution in [0.5, 0.6) is 5.75 Å². The van der Waals surface area contributed by atoms with Crippen LogP contribution < -0.4 is 4.74 Å². The minimum absolute atomic E-state index is 0.0401. The third kappa shape index (κ3) is 4.00. The molecule has 1 aromatic carbocycles. The third-order valence-corrected chi connectivity index (χ3v) is 4.58. The zero-order chi connectivity index (χ0) is 15.2. The van der Waals surface area contributed by atoms with Gasteiger partial charge in [0.15, 0.2) is 0 Å². The molecular weight excluding hydrogens is 258 g/mol. The number of nitriles is 1. The SMILES string of the molecule is CCCC1CCC(C#N)C(Oc2ccccc2C(C)C)C1. The first kappa shape index (κ1) is 15.9. The van der Waals surface area contributed by atoms with E-state index >= 15 is 0 Å². The summed E-state index contributed by atoms with van der Waals surface area (Å²) in [6.45, 7) is 6.61.